The molecule has 0 spiro atoms. The topological polar surface area (TPSA) is 29.5 Å². The van der Waals surface area contributed by atoms with Crippen molar-refractivity contribution in [3.05, 3.63) is 95.6 Å². The molecule has 3 aromatic rings. The highest BCUT2D eigenvalue weighted by Gasteiger charge is 2.33. The molecule has 4 rings (SSSR count). The minimum absolute atomic E-state index is 0.223. The van der Waals surface area contributed by atoms with Crippen molar-refractivity contribution in [3.63, 3.8) is 0 Å². The number of nitrogens with zero attached hydrogens (tertiary/aromatic N) is 1. The van der Waals surface area contributed by atoms with E-state index in [2.05, 4.69) is 0 Å². The van der Waals surface area contributed by atoms with Crippen LogP contribution in [0.2, 0.25) is 0 Å². The van der Waals surface area contributed by atoms with Gasteiger partial charge in [0.05, 0.1) is 5.56 Å². The minimum Gasteiger partial charge on any atom is -0.457 e. The molecule has 1 aliphatic rings. The van der Waals surface area contributed by atoms with E-state index in [1.807, 2.05) is 54.6 Å². The van der Waals surface area contributed by atoms with Crippen LogP contribution in [0.5, 0.6) is 11.5 Å². The lowest BCUT2D eigenvalue weighted by Crippen LogP contribution is -2.30. The number of amides is 1. The van der Waals surface area contributed by atoms with Crippen LogP contribution in [0.15, 0.2) is 78.9 Å². The quantitative estimate of drug-likeness (QED) is 0.482. The van der Waals surface area contributed by atoms with Crippen molar-refractivity contribution < 1.29 is 22.7 Å². The zero-order valence-corrected chi connectivity index (χ0v) is 16.6. The van der Waals surface area contributed by atoms with Crippen molar-refractivity contribution in [2.24, 2.45) is 0 Å². The summed E-state index contributed by atoms with van der Waals surface area (Å²) in [6.07, 6.45) is -4.42. The van der Waals surface area contributed by atoms with Crippen molar-refractivity contribution >= 4 is 17.7 Å². The molecular formula is C23H18F3NO2S. The monoisotopic (exact) mass is 429 g/mol. The van der Waals surface area contributed by atoms with Crippen LogP contribution in [-0.4, -0.2) is 23.1 Å². The Morgan fingerprint density at radius 2 is 1.63 bits per heavy atom. The molecule has 3 nitrogen and oxygen atoms in total. The number of thioether (sulfide) groups is 1. The van der Waals surface area contributed by atoms with Gasteiger partial charge >= 0.3 is 6.18 Å². The number of carbonyl (C=O) groups is 1. The van der Waals surface area contributed by atoms with Crippen molar-refractivity contribution in [2.45, 2.75) is 11.6 Å². The molecule has 0 radical (unpaired) electrons. The van der Waals surface area contributed by atoms with E-state index in [0.717, 1.165) is 23.4 Å². The summed E-state index contributed by atoms with van der Waals surface area (Å²) in [5.74, 6) is 1.84. The van der Waals surface area contributed by atoms with E-state index in [1.165, 1.54) is 12.1 Å². The summed E-state index contributed by atoms with van der Waals surface area (Å²) in [7, 11) is 0. The number of para-hydroxylation sites is 1. The Morgan fingerprint density at radius 3 is 2.33 bits per heavy atom. The molecule has 1 amide bonds. The fourth-order valence-corrected chi connectivity index (χ4v) is 4.52. The molecule has 0 aromatic heterocycles. The lowest BCUT2D eigenvalue weighted by Gasteiger charge is -2.24. The molecule has 1 aliphatic heterocycles. The van der Waals surface area contributed by atoms with Crippen LogP contribution in [0.25, 0.3) is 0 Å². The third kappa shape index (κ3) is 4.46. The van der Waals surface area contributed by atoms with Crippen LogP contribution in [0.4, 0.5) is 13.2 Å². The number of hydrogen-bond acceptors (Lipinski definition) is 3. The summed E-state index contributed by atoms with van der Waals surface area (Å²) in [5.41, 5.74) is 0.385. The maximum atomic E-state index is 13.0. The van der Waals surface area contributed by atoms with Gasteiger partial charge in [0.1, 0.15) is 16.9 Å². The van der Waals surface area contributed by atoms with Gasteiger partial charge in [0.25, 0.3) is 5.91 Å². The number of benzene rings is 3. The molecule has 1 heterocycles. The summed E-state index contributed by atoms with van der Waals surface area (Å²) in [6, 6.07) is 21.3. The van der Waals surface area contributed by atoms with Crippen LogP contribution in [0, 0.1) is 0 Å². The molecule has 0 bridgehead atoms. The predicted molar refractivity (Wildman–Crippen MR) is 111 cm³/mol. The molecule has 1 atom stereocenters. The highest BCUT2D eigenvalue weighted by molar-refractivity contribution is 7.99. The van der Waals surface area contributed by atoms with Gasteiger partial charge < -0.3 is 9.64 Å². The molecule has 154 valence electrons. The Bertz CT molecular complexity index is 1020. The van der Waals surface area contributed by atoms with E-state index in [9.17, 15) is 18.0 Å². The standard InChI is InChI=1S/C23H18F3NO2S/c24-23(25,26)18-11-9-16(10-12-18)21(28)27-13-14-30-22(27)17-5-4-8-20(15-17)29-19-6-2-1-3-7-19/h1-12,15,22H,13-14H2/t22-/m1/s1. The van der Waals surface area contributed by atoms with Crippen LogP contribution in [0.3, 0.4) is 0 Å². The van der Waals surface area contributed by atoms with Crippen LogP contribution >= 0.6 is 11.8 Å². The average Bonchev–Trinajstić information content (AvgIpc) is 3.24. The first kappa shape index (κ1) is 20.3. The number of ether oxygens (including phenoxy) is 1. The van der Waals surface area contributed by atoms with E-state index in [0.29, 0.717) is 18.0 Å². The van der Waals surface area contributed by atoms with Crippen molar-refractivity contribution in [1.29, 1.82) is 0 Å². The van der Waals surface area contributed by atoms with Gasteiger partial charge in [-0.3, -0.25) is 4.79 Å². The molecular weight excluding hydrogens is 411 g/mol. The van der Waals surface area contributed by atoms with Gasteiger partial charge in [-0.25, -0.2) is 0 Å². The SMILES string of the molecule is O=C(c1ccc(C(F)(F)F)cc1)N1CCS[C@@H]1c1cccc(Oc2ccccc2)c1. The fourth-order valence-electron chi connectivity index (χ4n) is 3.28. The zero-order valence-electron chi connectivity index (χ0n) is 15.8. The molecule has 1 saturated heterocycles. The zero-order chi connectivity index (χ0) is 21.1. The third-order valence-corrected chi connectivity index (χ3v) is 5.99. The van der Waals surface area contributed by atoms with E-state index in [1.54, 1.807) is 16.7 Å². The summed E-state index contributed by atoms with van der Waals surface area (Å²) in [4.78, 5) is 14.7. The van der Waals surface area contributed by atoms with Crippen molar-refractivity contribution in [2.75, 3.05) is 12.3 Å². The van der Waals surface area contributed by atoms with Gasteiger partial charge in [-0.1, -0.05) is 30.3 Å². The van der Waals surface area contributed by atoms with E-state index in [-0.39, 0.29) is 16.8 Å². The molecule has 0 saturated carbocycles. The normalized spacial score (nSPS) is 16.5. The molecule has 3 aromatic carbocycles. The summed E-state index contributed by atoms with van der Waals surface area (Å²) in [5, 5.41) is -0.223. The van der Waals surface area contributed by atoms with E-state index >= 15 is 0 Å². The molecule has 7 heteroatoms. The van der Waals surface area contributed by atoms with Crippen molar-refractivity contribution in [3.8, 4) is 11.5 Å². The van der Waals surface area contributed by atoms with E-state index < -0.39 is 11.7 Å². The number of halogens is 3. The van der Waals surface area contributed by atoms with Gasteiger partial charge in [-0.05, 0) is 54.1 Å². The van der Waals surface area contributed by atoms with Crippen LogP contribution in [-0.2, 0) is 6.18 Å². The third-order valence-electron chi connectivity index (χ3n) is 4.73. The van der Waals surface area contributed by atoms with Crippen molar-refractivity contribution in [1.82, 2.24) is 4.90 Å². The maximum Gasteiger partial charge on any atom is 0.416 e. The second kappa shape index (κ2) is 8.44. The fraction of sp³-hybridized carbons (Fsp3) is 0.174. The highest BCUT2D eigenvalue weighted by Crippen LogP contribution is 2.40. The Kier molecular flexibility index (Phi) is 5.72. The molecule has 0 unspecified atom stereocenters. The number of rotatable bonds is 4. The summed E-state index contributed by atoms with van der Waals surface area (Å²) >= 11 is 1.62. The van der Waals surface area contributed by atoms with Crippen LogP contribution < -0.4 is 4.74 Å². The number of hydrogen-bond donors (Lipinski definition) is 0. The molecule has 1 fully saturated rings. The smallest absolute Gasteiger partial charge is 0.416 e. The van der Waals surface area contributed by atoms with Gasteiger partial charge in [0.2, 0.25) is 0 Å². The first-order valence-corrected chi connectivity index (χ1v) is 10.4. The Hall–Kier alpha value is -2.93. The largest absolute Gasteiger partial charge is 0.457 e. The second-order valence-electron chi connectivity index (χ2n) is 6.78. The first-order chi connectivity index (χ1) is 14.4. The van der Waals surface area contributed by atoms with E-state index in [4.69, 9.17) is 4.74 Å². The Labute approximate surface area is 176 Å². The average molecular weight is 429 g/mol. The molecule has 30 heavy (non-hydrogen) atoms. The summed E-state index contributed by atoms with van der Waals surface area (Å²) < 4.78 is 44.3. The minimum atomic E-state index is -4.42. The predicted octanol–water partition coefficient (Wildman–Crippen LogP) is 6.39. The number of carbonyl (C=O) groups excluding carboxylic acids is 1. The summed E-state index contributed by atoms with van der Waals surface area (Å²) in [6.45, 7) is 0.527. The first-order valence-electron chi connectivity index (χ1n) is 9.34. The molecule has 0 N–H and O–H groups in total. The van der Waals surface area contributed by atoms with Gasteiger partial charge in [-0.15, -0.1) is 11.8 Å². The number of alkyl halides is 3. The van der Waals surface area contributed by atoms with Gasteiger partial charge in [0.15, 0.2) is 0 Å². The Balaban J connectivity index is 1.53. The van der Waals surface area contributed by atoms with Gasteiger partial charge in [-0.2, -0.15) is 13.2 Å². The van der Waals surface area contributed by atoms with Crippen LogP contribution in [0.1, 0.15) is 26.9 Å². The molecule has 0 aliphatic carbocycles. The second-order valence-corrected chi connectivity index (χ2v) is 7.97. The lowest BCUT2D eigenvalue weighted by molar-refractivity contribution is -0.137. The van der Waals surface area contributed by atoms with Gasteiger partial charge in [0, 0.05) is 17.9 Å². The lowest BCUT2D eigenvalue weighted by atomic mass is 10.1. The Morgan fingerprint density at radius 1 is 0.933 bits per heavy atom. The highest BCUT2D eigenvalue weighted by atomic mass is 32.2. The maximum absolute atomic E-state index is 13.0.